The van der Waals surface area contributed by atoms with Crippen LogP contribution in [0.1, 0.15) is 25.0 Å². The third-order valence-corrected chi connectivity index (χ3v) is 2.51. The van der Waals surface area contributed by atoms with Crippen LogP contribution in [-0.4, -0.2) is 21.4 Å². The molecule has 0 unspecified atom stereocenters. The van der Waals surface area contributed by atoms with Crippen LogP contribution in [-0.2, 0) is 0 Å². The molecule has 0 N–H and O–H groups in total. The highest BCUT2D eigenvalue weighted by atomic mass is 15.2. The molecule has 2 aromatic rings. The fourth-order valence-corrected chi connectivity index (χ4v) is 1.42. The Hall–Kier alpha value is -2.36. The molecule has 0 saturated carbocycles. The highest BCUT2D eigenvalue weighted by Crippen LogP contribution is 2.02. The molecule has 0 saturated heterocycles. The predicted octanol–water partition coefficient (Wildman–Crippen LogP) is 2.71. The number of rotatable bonds is 3. The topological polar surface area (TPSA) is 50.5 Å². The maximum atomic E-state index is 4.21. The van der Waals surface area contributed by atoms with Gasteiger partial charge in [0.25, 0.3) is 0 Å². The van der Waals surface area contributed by atoms with Gasteiger partial charge in [0, 0.05) is 35.9 Å². The quantitative estimate of drug-likeness (QED) is 0.609. The van der Waals surface area contributed by atoms with Crippen LogP contribution < -0.4 is 0 Å². The summed E-state index contributed by atoms with van der Waals surface area (Å²) in [7, 11) is 0. The first-order chi connectivity index (χ1) is 8.77. The maximum absolute atomic E-state index is 4.21. The number of hydrogen-bond donors (Lipinski definition) is 0. The van der Waals surface area contributed by atoms with E-state index in [0.29, 0.717) is 0 Å². The van der Waals surface area contributed by atoms with E-state index in [-0.39, 0.29) is 0 Å². The molecule has 0 fully saturated rings. The van der Waals surface area contributed by atoms with Crippen LogP contribution in [0, 0.1) is 0 Å². The summed E-state index contributed by atoms with van der Waals surface area (Å²) in [5, 5.41) is 8.42. The van der Waals surface area contributed by atoms with Crippen molar-refractivity contribution in [3.05, 3.63) is 60.2 Å². The predicted molar refractivity (Wildman–Crippen MR) is 72.9 cm³/mol. The number of nitrogens with zero attached hydrogens (tertiary/aromatic N) is 4. The fraction of sp³-hybridized carbons (Fsp3) is 0.143. The Labute approximate surface area is 106 Å². The van der Waals surface area contributed by atoms with Crippen molar-refractivity contribution in [3.8, 4) is 0 Å². The van der Waals surface area contributed by atoms with Gasteiger partial charge in [0.05, 0.1) is 11.4 Å². The van der Waals surface area contributed by atoms with E-state index in [4.69, 9.17) is 0 Å². The summed E-state index contributed by atoms with van der Waals surface area (Å²) in [5.74, 6) is 0. The molecule has 2 heterocycles. The second kappa shape index (κ2) is 5.82. The van der Waals surface area contributed by atoms with Gasteiger partial charge in [0.2, 0.25) is 0 Å². The van der Waals surface area contributed by atoms with E-state index < -0.39 is 0 Å². The summed E-state index contributed by atoms with van der Waals surface area (Å²) in [6.45, 7) is 3.83. The van der Waals surface area contributed by atoms with Gasteiger partial charge in [-0.25, -0.2) is 0 Å². The number of hydrogen-bond acceptors (Lipinski definition) is 4. The molecule has 0 atom stereocenters. The Morgan fingerprint density at radius 2 is 1.28 bits per heavy atom. The second-order valence-corrected chi connectivity index (χ2v) is 3.85. The molecular weight excluding hydrogens is 224 g/mol. The molecule has 90 valence electrons. The standard InChI is InChI=1S/C14H14N4/c1-11(13-5-3-7-15-9-13)17-18-12(2)14-6-4-8-16-10-14/h3-10H,1-2H3/b17-11-,18-12-. The van der Waals surface area contributed by atoms with Crippen molar-refractivity contribution < 1.29 is 0 Å². The minimum Gasteiger partial charge on any atom is -0.264 e. The summed E-state index contributed by atoms with van der Waals surface area (Å²) in [4.78, 5) is 8.10. The summed E-state index contributed by atoms with van der Waals surface area (Å²) in [6, 6.07) is 7.68. The van der Waals surface area contributed by atoms with Gasteiger partial charge in [0.1, 0.15) is 0 Å². The van der Waals surface area contributed by atoms with Crippen molar-refractivity contribution in [2.45, 2.75) is 13.8 Å². The van der Waals surface area contributed by atoms with Crippen LogP contribution in [0.25, 0.3) is 0 Å². The summed E-state index contributed by atoms with van der Waals surface area (Å²) in [6.07, 6.45) is 7.02. The molecule has 2 rings (SSSR count). The second-order valence-electron chi connectivity index (χ2n) is 3.85. The van der Waals surface area contributed by atoms with Crippen LogP contribution in [0.3, 0.4) is 0 Å². The molecule has 0 bridgehead atoms. The third kappa shape index (κ3) is 3.07. The molecule has 4 heteroatoms. The van der Waals surface area contributed by atoms with Crippen LogP contribution in [0.15, 0.2) is 59.3 Å². The molecule has 0 aliphatic carbocycles. The molecule has 18 heavy (non-hydrogen) atoms. The van der Waals surface area contributed by atoms with E-state index in [0.717, 1.165) is 22.6 Å². The van der Waals surface area contributed by atoms with E-state index in [1.165, 1.54) is 0 Å². The summed E-state index contributed by atoms with van der Waals surface area (Å²) in [5.41, 5.74) is 3.62. The molecule has 0 aromatic carbocycles. The van der Waals surface area contributed by atoms with Crippen LogP contribution in [0.5, 0.6) is 0 Å². The molecule has 0 radical (unpaired) electrons. The van der Waals surface area contributed by atoms with Crippen LogP contribution >= 0.6 is 0 Å². The molecular formula is C14H14N4. The first-order valence-corrected chi connectivity index (χ1v) is 5.67. The molecule has 0 aliphatic rings. The van der Waals surface area contributed by atoms with Gasteiger partial charge in [-0.3, -0.25) is 9.97 Å². The zero-order chi connectivity index (χ0) is 12.8. The Bertz CT molecular complexity index is 505. The average Bonchev–Trinajstić information content (AvgIpc) is 2.46. The Morgan fingerprint density at radius 1 is 0.833 bits per heavy atom. The lowest BCUT2D eigenvalue weighted by molar-refractivity contribution is 1.20. The van der Waals surface area contributed by atoms with Gasteiger partial charge in [-0.15, -0.1) is 0 Å². The van der Waals surface area contributed by atoms with Gasteiger partial charge in [-0.05, 0) is 26.0 Å². The highest BCUT2D eigenvalue weighted by Gasteiger charge is 1.98. The van der Waals surface area contributed by atoms with E-state index in [1.54, 1.807) is 24.8 Å². The van der Waals surface area contributed by atoms with E-state index >= 15 is 0 Å². The Balaban J connectivity index is 2.20. The minimum absolute atomic E-state index is 0.839. The van der Waals surface area contributed by atoms with E-state index in [2.05, 4.69) is 20.2 Å². The molecule has 4 nitrogen and oxygen atoms in total. The van der Waals surface area contributed by atoms with Crippen LogP contribution in [0.4, 0.5) is 0 Å². The minimum atomic E-state index is 0.839. The fourth-order valence-electron chi connectivity index (χ4n) is 1.42. The lowest BCUT2D eigenvalue weighted by atomic mass is 10.2. The number of pyridine rings is 2. The molecule has 0 spiro atoms. The van der Waals surface area contributed by atoms with Gasteiger partial charge in [-0.1, -0.05) is 12.1 Å². The zero-order valence-corrected chi connectivity index (χ0v) is 10.4. The lowest BCUT2D eigenvalue weighted by Gasteiger charge is -1.99. The summed E-state index contributed by atoms with van der Waals surface area (Å²) < 4.78 is 0. The van der Waals surface area contributed by atoms with Gasteiger partial charge in [-0.2, -0.15) is 10.2 Å². The third-order valence-electron chi connectivity index (χ3n) is 2.51. The maximum Gasteiger partial charge on any atom is 0.0687 e. The Morgan fingerprint density at radius 3 is 1.61 bits per heavy atom. The first kappa shape index (κ1) is 12.1. The SMILES string of the molecule is C/C(=N/N=C(/C)c1cccnc1)c1cccnc1. The van der Waals surface area contributed by atoms with E-state index in [1.807, 2.05) is 38.1 Å². The van der Waals surface area contributed by atoms with Gasteiger partial charge in [0.15, 0.2) is 0 Å². The largest absolute Gasteiger partial charge is 0.264 e. The van der Waals surface area contributed by atoms with Crippen molar-refractivity contribution in [1.29, 1.82) is 0 Å². The van der Waals surface area contributed by atoms with E-state index in [9.17, 15) is 0 Å². The highest BCUT2D eigenvalue weighted by molar-refractivity contribution is 6.01. The van der Waals surface area contributed by atoms with Crippen molar-refractivity contribution in [1.82, 2.24) is 9.97 Å². The number of aromatic nitrogens is 2. The average molecular weight is 238 g/mol. The zero-order valence-electron chi connectivity index (χ0n) is 10.4. The van der Waals surface area contributed by atoms with Crippen molar-refractivity contribution in [2.75, 3.05) is 0 Å². The molecule has 0 aliphatic heterocycles. The Kier molecular flexibility index (Phi) is 3.91. The van der Waals surface area contributed by atoms with Crippen molar-refractivity contribution in [2.24, 2.45) is 10.2 Å². The lowest BCUT2D eigenvalue weighted by Crippen LogP contribution is -1.97. The summed E-state index contributed by atoms with van der Waals surface area (Å²) >= 11 is 0. The normalized spacial score (nSPS) is 12.6. The first-order valence-electron chi connectivity index (χ1n) is 5.67. The van der Waals surface area contributed by atoms with Gasteiger partial charge < -0.3 is 0 Å². The van der Waals surface area contributed by atoms with Crippen LogP contribution in [0.2, 0.25) is 0 Å². The van der Waals surface area contributed by atoms with Crippen molar-refractivity contribution >= 4 is 11.4 Å². The smallest absolute Gasteiger partial charge is 0.0687 e. The van der Waals surface area contributed by atoms with Gasteiger partial charge >= 0.3 is 0 Å². The molecule has 0 amide bonds. The van der Waals surface area contributed by atoms with Crippen molar-refractivity contribution in [3.63, 3.8) is 0 Å². The monoisotopic (exact) mass is 238 g/mol. The molecule has 2 aromatic heterocycles.